The number of hydrogen-bond donors (Lipinski definition) is 1. The summed E-state index contributed by atoms with van der Waals surface area (Å²) in [7, 11) is 1.86. The highest BCUT2D eigenvalue weighted by molar-refractivity contribution is 7.11. The number of rotatable bonds is 4. The molecule has 4 nitrogen and oxygen atoms in total. The molecule has 0 radical (unpaired) electrons. The Kier molecular flexibility index (Phi) is 5.28. The van der Waals surface area contributed by atoms with Crippen molar-refractivity contribution in [3.8, 4) is 0 Å². The number of benzene rings is 1. The van der Waals surface area contributed by atoms with Gasteiger partial charge >= 0.3 is 0 Å². The van der Waals surface area contributed by atoms with Crippen molar-refractivity contribution in [2.45, 2.75) is 32.7 Å². The van der Waals surface area contributed by atoms with Crippen LogP contribution in [0.5, 0.6) is 0 Å². The lowest BCUT2D eigenvalue weighted by Crippen LogP contribution is -2.44. The van der Waals surface area contributed by atoms with Gasteiger partial charge in [0.05, 0.1) is 5.01 Å². The first-order chi connectivity index (χ1) is 11.3. The molecule has 0 saturated carbocycles. The summed E-state index contributed by atoms with van der Waals surface area (Å²) < 4.78 is 0. The van der Waals surface area contributed by atoms with Gasteiger partial charge in [0.2, 0.25) is 0 Å². The fraction of sp³-hybridized carbons (Fsp3) is 0.444. The van der Waals surface area contributed by atoms with Crippen LogP contribution in [-0.2, 0) is 25.8 Å². The lowest BCUT2D eigenvalue weighted by atomic mass is 10.0. The van der Waals surface area contributed by atoms with Crippen molar-refractivity contribution in [3.05, 3.63) is 51.5 Å². The van der Waals surface area contributed by atoms with Crippen LogP contribution in [0.4, 0.5) is 0 Å². The van der Waals surface area contributed by atoms with Crippen molar-refractivity contribution < 1.29 is 0 Å². The van der Waals surface area contributed by atoms with E-state index in [-0.39, 0.29) is 0 Å². The van der Waals surface area contributed by atoms with E-state index in [1.165, 1.54) is 21.0 Å². The largest absolute Gasteiger partial charge is 0.356 e. The summed E-state index contributed by atoms with van der Waals surface area (Å²) in [6, 6.07) is 8.69. The van der Waals surface area contributed by atoms with Gasteiger partial charge in [0.15, 0.2) is 5.96 Å². The molecule has 1 aliphatic rings. The molecule has 1 aliphatic heterocycles. The Morgan fingerprint density at radius 3 is 2.91 bits per heavy atom. The maximum atomic E-state index is 4.48. The fourth-order valence-corrected chi connectivity index (χ4v) is 3.78. The summed E-state index contributed by atoms with van der Waals surface area (Å²) in [5.74, 6) is 0.992. The van der Waals surface area contributed by atoms with Crippen LogP contribution in [0.15, 0.2) is 35.5 Å². The second-order valence-electron chi connectivity index (χ2n) is 5.74. The Morgan fingerprint density at radius 1 is 1.35 bits per heavy atom. The van der Waals surface area contributed by atoms with E-state index in [0.717, 1.165) is 44.9 Å². The van der Waals surface area contributed by atoms with Crippen LogP contribution in [0.1, 0.15) is 27.9 Å². The molecule has 122 valence electrons. The average Bonchev–Trinajstić information content (AvgIpc) is 3.06. The first-order valence-electron chi connectivity index (χ1n) is 8.26. The minimum absolute atomic E-state index is 0.876. The predicted molar refractivity (Wildman–Crippen MR) is 97.1 cm³/mol. The van der Waals surface area contributed by atoms with Gasteiger partial charge in [-0.1, -0.05) is 31.2 Å². The lowest BCUT2D eigenvalue weighted by molar-refractivity contribution is 0.379. The highest BCUT2D eigenvalue weighted by Gasteiger charge is 2.18. The standard InChI is InChI=1S/C18H24N4S/c1-3-16-12-21-17(23-16)8-10-20-18(19-2)22-11-9-14-6-4-5-7-15(14)13-22/h4-7,12H,3,8-11,13H2,1-2H3,(H,19,20). The van der Waals surface area contributed by atoms with Gasteiger partial charge in [-0.3, -0.25) is 4.99 Å². The van der Waals surface area contributed by atoms with Gasteiger partial charge in [-0.25, -0.2) is 4.98 Å². The van der Waals surface area contributed by atoms with Crippen LogP contribution >= 0.6 is 11.3 Å². The van der Waals surface area contributed by atoms with Gasteiger partial charge < -0.3 is 10.2 Å². The highest BCUT2D eigenvalue weighted by Crippen LogP contribution is 2.18. The highest BCUT2D eigenvalue weighted by atomic mass is 32.1. The zero-order valence-electron chi connectivity index (χ0n) is 13.9. The summed E-state index contributed by atoms with van der Waals surface area (Å²) in [6.45, 7) is 5.01. The molecule has 2 heterocycles. The minimum atomic E-state index is 0.876. The van der Waals surface area contributed by atoms with E-state index in [4.69, 9.17) is 0 Å². The van der Waals surface area contributed by atoms with Crippen LogP contribution < -0.4 is 5.32 Å². The molecular formula is C18H24N4S. The maximum absolute atomic E-state index is 4.48. The normalized spacial score (nSPS) is 14.7. The first kappa shape index (κ1) is 16.0. The van der Waals surface area contributed by atoms with E-state index in [0.29, 0.717) is 0 Å². The quantitative estimate of drug-likeness (QED) is 0.693. The van der Waals surface area contributed by atoms with Crippen molar-refractivity contribution in [1.82, 2.24) is 15.2 Å². The number of aliphatic imine (C=N–C) groups is 1. The Labute approximate surface area is 142 Å². The topological polar surface area (TPSA) is 40.5 Å². The number of nitrogens with zero attached hydrogens (tertiary/aromatic N) is 3. The molecule has 1 aromatic heterocycles. The monoisotopic (exact) mass is 328 g/mol. The first-order valence-corrected chi connectivity index (χ1v) is 9.07. The Morgan fingerprint density at radius 2 is 2.17 bits per heavy atom. The number of aromatic nitrogens is 1. The van der Waals surface area contributed by atoms with Crippen molar-refractivity contribution in [2.24, 2.45) is 4.99 Å². The van der Waals surface area contributed by atoms with Crippen LogP contribution in [0.25, 0.3) is 0 Å². The third-order valence-electron chi connectivity index (χ3n) is 4.21. The van der Waals surface area contributed by atoms with Gasteiger partial charge in [0.1, 0.15) is 0 Å². The summed E-state index contributed by atoms with van der Waals surface area (Å²) in [4.78, 5) is 12.6. The molecule has 0 fully saturated rings. The fourth-order valence-electron chi connectivity index (χ4n) is 2.92. The lowest BCUT2D eigenvalue weighted by Gasteiger charge is -2.31. The van der Waals surface area contributed by atoms with Crippen molar-refractivity contribution in [1.29, 1.82) is 0 Å². The molecule has 5 heteroatoms. The van der Waals surface area contributed by atoms with Crippen LogP contribution in [-0.4, -0.2) is 36.0 Å². The Bertz CT molecular complexity index is 677. The number of fused-ring (bicyclic) bond motifs is 1. The molecule has 1 N–H and O–H groups in total. The third kappa shape index (κ3) is 3.91. The van der Waals surface area contributed by atoms with Crippen LogP contribution in [0, 0.1) is 0 Å². The van der Waals surface area contributed by atoms with Crippen LogP contribution in [0.2, 0.25) is 0 Å². The Balaban J connectivity index is 1.54. The van der Waals surface area contributed by atoms with Crippen molar-refractivity contribution in [3.63, 3.8) is 0 Å². The molecule has 1 aromatic carbocycles. The average molecular weight is 328 g/mol. The smallest absolute Gasteiger partial charge is 0.193 e. The van der Waals surface area contributed by atoms with Crippen molar-refractivity contribution >= 4 is 17.3 Å². The van der Waals surface area contributed by atoms with E-state index in [2.05, 4.69) is 51.4 Å². The molecule has 23 heavy (non-hydrogen) atoms. The molecule has 0 aliphatic carbocycles. The second kappa shape index (κ2) is 7.59. The van der Waals surface area contributed by atoms with Gasteiger partial charge in [-0.2, -0.15) is 0 Å². The summed E-state index contributed by atoms with van der Waals surface area (Å²) in [5.41, 5.74) is 2.88. The summed E-state index contributed by atoms with van der Waals surface area (Å²) >= 11 is 1.81. The number of aryl methyl sites for hydroxylation is 1. The predicted octanol–water partition coefficient (Wildman–Crippen LogP) is 2.88. The molecular weight excluding hydrogens is 304 g/mol. The molecule has 3 rings (SSSR count). The molecule has 0 atom stereocenters. The summed E-state index contributed by atoms with van der Waals surface area (Å²) in [5, 5.41) is 4.69. The van der Waals surface area contributed by atoms with Gasteiger partial charge in [0, 0.05) is 44.2 Å². The molecule has 0 spiro atoms. The van der Waals surface area contributed by atoms with Crippen LogP contribution in [0.3, 0.4) is 0 Å². The molecule has 0 unspecified atom stereocenters. The number of nitrogens with one attached hydrogen (secondary N) is 1. The zero-order valence-corrected chi connectivity index (χ0v) is 14.7. The molecule has 0 amide bonds. The van der Waals surface area contributed by atoms with Gasteiger partial charge in [0.25, 0.3) is 0 Å². The molecule has 0 saturated heterocycles. The van der Waals surface area contributed by atoms with E-state index in [1.54, 1.807) is 0 Å². The van der Waals surface area contributed by atoms with E-state index < -0.39 is 0 Å². The third-order valence-corrected chi connectivity index (χ3v) is 5.42. The second-order valence-corrected chi connectivity index (χ2v) is 6.94. The van der Waals surface area contributed by atoms with E-state index >= 15 is 0 Å². The van der Waals surface area contributed by atoms with E-state index in [9.17, 15) is 0 Å². The number of hydrogen-bond acceptors (Lipinski definition) is 3. The minimum Gasteiger partial charge on any atom is -0.356 e. The summed E-state index contributed by atoms with van der Waals surface area (Å²) in [6.07, 6.45) is 5.10. The molecule has 2 aromatic rings. The SMILES string of the molecule is CCc1cnc(CCNC(=NC)N2CCc3ccccc3C2)s1. The molecule has 0 bridgehead atoms. The Hall–Kier alpha value is -1.88. The van der Waals surface area contributed by atoms with Crippen molar-refractivity contribution in [2.75, 3.05) is 20.1 Å². The zero-order chi connectivity index (χ0) is 16.1. The van der Waals surface area contributed by atoms with Gasteiger partial charge in [-0.15, -0.1) is 11.3 Å². The maximum Gasteiger partial charge on any atom is 0.193 e. The van der Waals surface area contributed by atoms with E-state index in [1.807, 2.05) is 24.6 Å². The number of thiazole rings is 1. The number of guanidine groups is 1. The van der Waals surface area contributed by atoms with Gasteiger partial charge in [-0.05, 0) is 24.0 Å².